The zero-order chi connectivity index (χ0) is 15.8. The monoisotopic (exact) mass is 308 g/mol. The van der Waals surface area contributed by atoms with Gasteiger partial charge in [-0.3, -0.25) is 0 Å². The molecule has 2 fully saturated rings. The highest BCUT2D eigenvalue weighted by atomic mass is 16.5. The number of hydrogen-bond donors (Lipinski definition) is 2. The Morgan fingerprint density at radius 2 is 2.18 bits per heavy atom. The van der Waals surface area contributed by atoms with Crippen molar-refractivity contribution in [3.05, 3.63) is 11.7 Å². The lowest BCUT2D eigenvalue weighted by molar-refractivity contribution is 0.0188. The Labute approximate surface area is 130 Å². The lowest BCUT2D eigenvalue weighted by Crippen LogP contribution is -2.53. The number of urea groups is 1. The van der Waals surface area contributed by atoms with E-state index < -0.39 is 0 Å². The van der Waals surface area contributed by atoms with Gasteiger partial charge in [-0.25, -0.2) is 4.79 Å². The molecule has 0 radical (unpaired) electrons. The largest absolute Gasteiger partial charge is 0.375 e. The Balaban J connectivity index is 1.34. The minimum Gasteiger partial charge on any atom is -0.375 e. The lowest BCUT2D eigenvalue weighted by Gasteiger charge is -2.44. The molecule has 1 aromatic heterocycles. The first-order chi connectivity index (χ1) is 10.4. The first kappa shape index (κ1) is 15.3. The Morgan fingerprint density at radius 1 is 1.41 bits per heavy atom. The van der Waals surface area contributed by atoms with E-state index in [1.54, 1.807) is 6.92 Å². The van der Waals surface area contributed by atoms with Crippen LogP contribution in [0.3, 0.4) is 0 Å². The maximum atomic E-state index is 11.9. The summed E-state index contributed by atoms with van der Waals surface area (Å²) in [5.41, 5.74) is 0.262. The molecule has 7 nitrogen and oxygen atoms in total. The molecule has 1 saturated heterocycles. The molecule has 1 saturated carbocycles. The summed E-state index contributed by atoms with van der Waals surface area (Å²) in [6.07, 6.45) is 3.64. The third-order valence-electron chi connectivity index (χ3n) is 4.46. The summed E-state index contributed by atoms with van der Waals surface area (Å²) < 4.78 is 10.8. The minimum absolute atomic E-state index is 0.0184. The minimum atomic E-state index is -0.130. The number of nitrogens with zero attached hydrogens (tertiary/aromatic N) is 2. The van der Waals surface area contributed by atoms with Gasteiger partial charge in [-0.1, -0.05) is 5.16 Å². The number of nitrogens with one attached hydrogen (secondary N) is 2. The first-order valence-electron chi connectivity index (χ1n) is 7.83. The molecule has 0 atom stereocenters. The summed E-state index contributed by atoms with van der Waals surface area (Å²) in [7, 11) is 0. The van der Waals surface area contributed by atoms with Crippen molar-refractivity contribution in [2.45, 2.75) is 58.1 Å². The Bertz CT molecular complexity index is 549. The molecule has 2 heterocycles. The van der Waals surface area contributed by atoms with Crippen LogP contribution in [0.25, 0.3) is 0 Å². The Hall–Kier alpha value is -1.63. The number of hydrogen-bond acceptors (Lipinski definition) is 5. The highest BCUT2D eigenvalue weighted by molar-refractivity contribution is 5.74. The van der Waals surface area contributed by atoms with Crippen molar-refractivity contribution in [3.63, 3.8) is 0 Å². The zero-order valence-electron chi connectivity index (χ0n) is 13.4. The van der Waals surface area contributed by atoms with Crippen LogP contribution >= 0.6 is 0 Å². The predicted molar refractivity (Wildman–Crippen MR) is 79.4 cm³/mol. The average molecular weight is 308 g/mol. The molecule has 22 heavy (non-hydrogen) atoms. The van der Waals surface area contributed by atoms with Crippen LogP contribution in [0.1, 0.15) is 44.8 Å². The van der Waals surface area contributed by atoms with Crippen molar-refractivity contribution < 1.29 is 14.1 Å². The highest BCUT2D eigenvalue weighted by Gasteiger charge is 2.52. The standard InChI is InChI=1S/C15H24N4O3/c1-10-17-12(22-19-10)4-5-16-13(20)18-11-6-15(7-11)8-14(2,3)21-9-15/h11H,4-9H2,1-3H3,(H2,16,18,20). The quantitative estimate of drug-likeness (QED) is 0.881. The SMILES string of the molecule is Cc1noc(CCNC(=O)NC2CC3(COC(C)(C)C3)C2)n1. The van der Waals surface area contributed by atoms with Crippen molar-refractivity contribution in [2.24, 2.45) is 5.41 Å². The van der Waals surface area contributed by atoms with E-state index in [0.717, 1.165) is 25.9 Å². The van der Waals surface area contributed by atoms with Crippen LogP contribution in [-0.4, -0.2) is 41.0 Å². The van der Waals surface area contributed by atoms with Gasteiger partial charge >= 0.3 is 6.03 Å². The van der Waals surface area contributed by atoms with E-state index >= 15 is 0 Å². The molecule has 1 aliphatic heterocycles. The zero-order valence-corrected chi connectivity index (χ0v) is 13.4. The molecule has 2 N–H and O–H groups in total. The van der Waals surface area contributed by atoms with Crippen molar-refractivity contribution in [3.8, 4) is 0 Å². The normalized spacial score (nSPS) is 29.3. The van der Waals surface area contributed by atoms with Crippen molar-refractivity contribution in [2.75, 3.05) is 13.2 Å². The van der Waals surface area contributed by atoms with Gasteiger partial charge in [-0.2, -0.15) is 4.98 Å². The molecule has 122 valence electrons. The number of aryl methyl sites for hydroxylation is 1. The molecule has 0 bridgehead atoms. The van der Waals surface area contributed by atoms with Crippen molar-refractivity contribution in [1.29, 1.82) is 0 Å². The van der Waals surface area contributed by atoms with Gasteiger partial charge in [0.2, 0.25) is 5.89 Å². The maximum Gasteiger partial charge on any atom is 0.315 e. The number of ether oxygens (including phenoxy) is 1. The Morgan fingerprint density at radius 3 is 2.77 bits per heavy atom. The van der Waals surface area contributed by atoms with Gasteiger partial charge in [0.05, 0.1) is 12.2 Å². The summed E-state index contributed by atoms with van der Waals surface area (Å²) in [4.78, 5) is 15.9. The van der Waals surface area contributed by atoms with Gasteiger partial charge in [-0.15, -0.1) is 0 Å². The molecule has 3 rings (SSSR count). The maximum absolute atomic E-state index is 11.9. The molecular formula is C15H24N4O3. The predicted octanol–water partition coefficient (Wildman–Crippen LogP) is 1.57. The van der Waals surface area contributed by atoms with Crippen LogP contribution in [0.15, 0.2) is 4.52 Å². The highest BCUT2D eigenvalue weighted by Crippen LogP contribution is 2.52. The Kier molecular flexibility index (Phi) is 3.84. The molecule has 1 spiro atoms. The third kappa shape index (κ3) is 3.40. The number of carbonyl (C=O) groups excluding carboxylic acids is 1. The summed E-state index contributed by atoms with van der Waals surface area (Å²) in [5, 5.41) is 9.55. The van der Waals surface area contributed by atoms with Gasteiger partial charge in [0.25, 0.3) is 0 Å². The van der Waals surface area contributed by atoms with E-state index in [1.165, 1.54) is 0 Å². The van der Waals surface area contributed by atoms with Gasteiger partial charge < -0.3 is 19.9 Å². The average Bonchev–Trinajstić information content (AvgIpc) is 2.93. The van der Waals surface area contributed by atoms with Crippen LogP contribution in [0, 0.1) is 12.3 Å². The van der Waals surface area contributed by atoms with Crippen LogP contribution in [0.4, 0.5) is 4.79 Å². The van der Waals surface area contributed by atoms with E-state index in [-0.39, 0.29) is 23.1 Å². The van der Waals surface area contributed by atoms with Gasteiger partial charge in [-0.05, 0) is 40.0 Å². The van der Waals surface area contributed by atoms with Gasteiger partial charge in [0.1, 0.15) is 0 Å². The fourth-order valence-corrected chi connectivity index (χ4v) is 3.66. The second-order valence-corrected chi connectivity index (χ2v) is 7.22. The first-order valence-corrected chi connectivity index (χ1v) is 7.83. The van der Waals surface area contributed by atoms with E-state index in [1.807, 2.05) is 0 Å². The second kappa shape index (κ2) is 5.53. The van der Waals surface area contributed by atoms with Crippen LogP contribution in [-0.2, 0) is 11.2 Å². The molecule has 1 aliphatic carbocycles. The third-order valence-corrected chi connectivity index (χ3v) is 4.46. The van der Waals surface area contributed by atoms with E-state index in [2.05, 4.69) is 34.6 Å². The molecule has 2 aliphatic rings. The van der Waals surface area contributed by atoms with E-state index in [4.69, 9.17) is 9.26 Å². The van der Waals surface area contributed by atoms with Crippen LogP contribution in [0.2, 0.25) is 0 Å². The van der Waals surface area contributed by atoms with Crippen LogP contribution < -0.4 is 10.6 Å². The number of rotatable bonds is 4. The topological polar surface area (TPSA) is 89.3 Å². The van der Waals surface area contributed by atoms with Gasteiger partial charge in [0.15, 0.2) is 5.82 Å². The molecule has 0 aromatic carbocycles. The van der Waals surface area contributed by atoms with Gasteiger partial charge in [0, 0.05) is 24.4 Å². The summed E-state index contributed by atoms with van der Waals surface area (Å²) in [5.74, 6) is 1.16. The molecule has 1 aromatic rings. The molecule has 7 heteroatoms. The molecule has 2 amide bonds. The fourth-order valence-electron chi connectivity index (χ4n) is 3.66. The lowest BCUT2D eigenvalue weighted by atomic mass is 9.63. The fraction of sp³-hybridized carbons (Fsp3) is 0.800. The summed E-state index contributed by atoms with van der Waals surface area (Å²) >= 11 is 0. The number of amides is 2. The van der Waals surface area contributed by atoms with E-state index in [9.17, 15) is 4.79 Å². The molecule has 0 unspecified atom stereocenters. The van der Waals surface area contributed by atoms with Crippen molar-refractivity contribution in [1.82, 2.24) is 20.8 Å². The molecular weight excluding hydrogens is 284 g/mol. The summed E-state index contributed by atoms with van der Waals surface area (Å²) in [6, 6.07) is 0.123. The van der Waals surface area contributed by atoms with E-state index in [0.29, 0.717) is 24.7 Å². The van der Waals surface area contributed by atoms with Crippen LogP contribution in [0.5, 0.6) is 0 Å². The smallest absolute Gasteiger partial charge is 0.315 e. The summed E-state index contributed by atoms with van der Waals surface area (Å²) in [6.45, 7) is 7.34. The van der Waals surface area contributed by atoms with Crippen molar-refractivity contribution >= 4 is 6.03 Å². The number of carbonyl (C=O) groups is 1. The number of aromatic nitrogens is 2. The second-order valence-electron chi connectivity index (χ2n) is 7.22.